The summed E-state index contributed by atoms with van der Waals surface area (Å²) in [5.41, 5.74) is 1.39. The summed E-state index contributed by atoms with van der Waals surface area (Å²) in [6.45, 7) is 0. The molecule has 72 valence electrons. The van der Waals surface area contributed by atoms with E-state index >= 15 is 0 Å². The van der Waals surface area contributed by atoms with Crippen molar-refractivity contribution in [1.82, 2.24) is 4.74 Å². The van der Waals surface area contributed by atoms with Crippen LogP contribution in [0.25, 0.3) is 11.3 Å². The molecule has 4 heteroatoms. The molecule has 0 N–H and O–H groups in total. The molecule has 1 heterocycles. The zero-order chi connectivity index (χ0) is 10.1. The van der Waals surface area contributed by atoms with Gasteiger partial charge in [0, 0.05) is 17.1 Å². The molecule has 0 atom stereocenters. The summed E-state index contributed by atoms with van der Waals surface area (Å²) < 4.78 is 7.29. The Morgan fingerprint density at radius 1 is 1.36 bits per heavy atom. The molecule has 0 unspecified atom stereocenters. The van der Waals surface area contributed by atoms with Crippen molar-refractivity contribution in [2.24, 2.45) is 7.05 Å². The van der Waals surface area contributed by atoms with Gasteiger partial charge in [-0.2, -0.15) is 0 Å². The van der Waals surface area contributed by atoms with E-state index in [0.29, 0.717) is 0 Å². The summed E-state index contributed by atoms with van der Waals surface area (Å²) in [6, 6.07) is 9.18. The van der Waals surface area contributed by atoms with Gasteiger partial charge in [0.1, 0.15) is 0 Å². The Labute approximate surface area is 89.1 Å². The Kier molecular flexibility index (Phi) is 2.29. The van der Waals surface area contributed by atoms with Crippen LogP contribution in [0.15, 0.2) is 44.1 Å². The van der Waals surface area contributed by atoms with E-state index in [1.165, 1.54) is 10.8 Å². The smallest absolute Gasteiger partial charge is 0.336 e. The van der Waals surface area contributed by atoms with E-state index in [1.54, 1.807) is 7.05 Å². The Hall–Kier alpha value is -1.29. The Morgan fingerprint density at radius 2 is 2.14 bits per heavy atom. The van der Waals surface area contributed by atoms with Crippen LogP contribution in [0, 0.1) is 0 Å². The van der Waals surface area contributed by atoms with Crippen LogP contribution >= 0.6 is 15.9 Å². The molecule has 14 heavy (non-hydrogen) atoms. The lowest BCUT2D eigenvalue weighted by atomic mass is 10.1. The fourth-order valence-corrected chi connectivity index (χ4v) is 1.73. The van der Waals surface area contributed by atoms with Gasteiger partial charge in [0.05, 0.1) is 11.8 Å². The molecule has 1 aromatic carbocycles. The normalized spacial score (nSPS) is 10.4. The Morgan fingerprint density at radius 3 is 2.71 bits per heavy atom. The third-order valence-corrected chi connectivity index (χ3v) is 2.43. The summed E-state index contributed by atoms with van der Waals surface area (Å²) in [7, 11) is 1.71. The van der Waals surface area contributed by atoms with Gasteiger partial charge in [-0.1, -0.05) is 28.1 Å². The highest BCUT2D eigenvalue weighted by atomic mass is 79.9. The average molecular weight is 254 g/mol. The minimum absolute atomic E-state index is 0.331. The monoisotopic (exact) mass is 253 g/mol. The van der Waals surface area contributed by atoms with Gasteiger partial charge in [-0.15, -0.1) is 0 Å². The van der Waals surface area contributed by atoms with Crippen LogP contribution in [0.5, 0.6) is 0 Å². The molecule has 0 fully saturated rings. The molecule has 3 nitrogen and oxygen atoms in total. The lowest BCUT2D eigenvalue weighted by Crippen LogP contribution is -1.90. The van der Waals surface area contributed by atoms with Gasteiger partial charge >= 0.3 is 5.63 Å². The highest BCUT2D eigenvalue weighted by Gasteiger charge is 2.05. The van der Waals surface area contributed by atoms with Crippen LogP contribution in [0.3, 0.4) is 0 Å². The molecular formula is C10H8BrNO2. The summed E-state index contributed by atoms with van der Waals surface area (Å²) >= 11 is 3.37. The van der Waals surface area contributed by atoms with Crippen LogP contribution in [-0.2, 0) is 7.05 Å². The fraction of sp³-hybridized carbons (Fsp3) is 0.100. The first-order chi connectivity index (χ1) is 6.66. The van der Waals surface area contributed by atoms with Crippen LogP contribution in [0.4, 0.5) is 0 Å². The van der Waals surface area contributed by atoms with E-state index in [0.717, 1.165) is 15.7 Å². The van der Waals surface area contributed by atoms with Gasteiger partial charge in [-0.25, -0.2) is 9.53 Å². The van der Waals surface area contributed by atoms with E-state index in [9.17, 15) is 4.79 Å². The number of rotatable bonds is 1. The maximum absolute atomic E-state index is 11.0. The molecule has 0 bridgehead atoms. The number of aromatic nitrogens is 1. The largest absolute Gasteiger partial charge is 0.358 e. The highest BCUT2D eigenvalue weighted by molar-refractivity contribution is 9.10. The maximum atomic E-state index is 11.0. The average Bonchev–Trinajstić information content (AvgIpc) is 2.45. The summed E-state index contributed by atoms with van der Waals surface area (Å²) in [4.78, 5) is 11.0. The van der Waals surface area contributed by atoms with E-state index in [1.807, 2.05) is 24.3 Å². The van der Waals surface area contributed by atoms with Gasteiger partial charge in [0.2, 0.25) is 0 Å². The van der Waals surface area contributed by atoms with E-state index in [2.05, 4.69) is 15.9 Å². The van der Waals surface area contributed by atoms with Crippen LogP contribution in [0.1, 0.15) is 0 Å². The fourth-order valence-electron chi connectivity index (χ4n) is 1.33. The molecule has 2 rings (SSSR count). The van der Waals surface area contributed by atoms with Crippen molar-refractivity contribution >= 4 is 15.9 Å². The minimum Gasteiger partial charge on any atom is -0.336 e. The zero-order valence-electron chi connectivity index (χ0n) is 7.53. The quantitative estimate of drug-likeness (QED) is 0.783. The second-order valence-corrected chi connectivity index (χ2v) is 3.86. The van der Waals surface area contributed by atoms with Gasteiger partial charge in [0.25, 0.3) is 0 Å². The summed E-state index contributed by atoms with van der Waals surface area (Å²) in [5, 5.41) is 0. The van der Waals surface area contributed by atoms with Gasteiger partial charge in [-0.3, -0.25) is 0 Å². The van der Waals surface area contributed by atoms with Gasteiger partial charge in [0.15, 0.2) is 0 Å². The topological polar surface area (TPSA) is 35.1 Å². The van der Waals surface area contributed by atoms with Crippen molar-refractivity contribution in [2.75, 3.05) is 0 Å². The second kappa shape index (κ2) is 3.46. The Balaban J connectivity index is 2.59. The predicted octanol–water partition coefficient (Wildman–Crippen LogP) is 2.41. The van der Waals surface area contributed by atoms with Crippen LogP contribution in [0.2, 0.25) is 0 Å². The van der Waals surface area contributed by atoms with Crippen molar-refractivity contribution in [3.63, 3.8) is 0 Å². The zero-order valence-corrected chi connectivity index (χ0v) is 9.11. The number of hydrogen-bond acceptors (Lipinski definition) is 2. The van der Waals surface area contributed by atoms with Crippen molar-refractivity contribution in [3.05, 3.63) is 45.2 Å². The molecule has 1 aromatic heterocycles. The first kappa shape index (κ1) is 9.27. The molecule has 0 radical (unpaired) electrons. The lowest BCUT2D eigenvalue weighted by Gasteiger charge is -2.00. The molecule has 0 aliphatic rings. The number of aryl methyl sites for hydroxylation is 1. The molecule has 0 aliphatic heterocycles. The van der Waals surface area contributed by atoms with E-state index < -0.39 is 0 Å². The lowest BCUT2D eigenvalue weighted by molar-refractivity contribution is 0.289. The maximum Gasteiger partial charge on any atom is 0.358 e. The number of halogens is 1. The van der Waals surface area contributed by atoms with Gasteiger partial charge in [-0.05, 0) is 12.1 Å². The molecule has 0 aliphatic carbocycles. The van der Waals surface area contributed by atoms with Crippen molar-refractivity contribution in [1.29, 1.82) is 0 Å². The molecule has 0 amide bonds. The molecule has 2 aromatic rings. The minimum atomic E-state index is -0.331. The molecule has 0 spiro atoms. The standard InChI is InChI=1S/C10H8BrNO2/c1-12-9(6-10(13)14-12)7-3-2-4-8(11)5-7/h2-6H,1H3. The third kappa shape index (κ3) is 1.65. The van der Waals surface area contributed by atoms with Crippen molar-refractivity contribution < 1.29 is 4.52 Å². The molecular weight excluding hydrogens is 246 g/mol. The van der Waals surface area contributed by atoms with Crippen molar-refractivity contribution in [3.8, 4) is 11.3 Å². The number of benzene rings is 1. The summed E-state index contributed by atoms with van der Waals surface area (Å²) in [5.74, 6) is 0. The SMILES string of the molecule is Cn1oc(=O)cc1-c1cccc(Br)c1. The third-order valence-electron chi connectivity index (χ3n) is 1.94. The number of nitrogens with zero attached hydrogens (tertiary/aromatic N) is 1. The second-order valence-electron chi connectivity index (χ2n) is 2.95. The molecule has 0 saturated carbocycles. The first-order valence-electron chi connectivity index (χ1n) is 4.10. The number of hydrogen-bond donors (Lipinski definition) is 0. The Bertz CT molecular complexity index is 513. The van der Waals surface area contributed by atoms with E-state index in [-0.39, 0.29) is 5.63 Å². The highest BCUT2D eigenvalue weighted by Crippen LogP contribution is 2.21. The van der Waals surface area contributed by atoms with Gasteiger partial charge < -0.3 is 4.52 Å². The van der Waals surface area contributed by atoms with Crippen LogP contribution in [-0.4, -0.2) is 4.74 Å². The van der Waals surface area contributed by atoms with Crippen LogP contribution < -0.4 is 5.63 Å². The molecule has 0 saturated heterocycles. The van der Waals surface area contributed by atoms with Crippen molar-refractivity contribution in [2.45, 2.75) is 0 Å². The predicted molar refractivity (Wildman–Crippen MR) is 57.1 cm³/mol. The van der Waals surface area contributed by atoms with E-state index in [4.69, 9.17) is 4.52 Å². The summed E-state index contributed by atoms with van der Waals surface area (Å²) in [6.07, 6.45) is 0. The first-order valence-corrected chi connectivity index (χ1v) is 4.89.